The molecule has 3 heteroatoms. The molecular weight excluding hydrogens is 282 g/mol. The summed E-state index contributed by atoms with van der Waals surface area (Å²) in [6.07, 6.45) is 2.48. The number of aldehydes is 1. The molecule has 0 spiro atoms. The molecule has 0 radical (unpaired) electrons. The molecule has 0 fully saturated rings. The number of carbonyl (C=O) groups is 1. The molecule has 0 bridgehead atoms. The smallest absolute Gasteiger partial charge is 0.147 e. The van der Waals surface area contributed by atoms with E-state index in [1.54, 1.807) is 0 Å². The maximum absolute atomic E-state index is 11.1. The van der Waals surface area contributed by atoms with Crippen molar-refractivity contribution < 1.29 is 4.79 Å². The molecule has 108 valence electrons. The minimum atomic E-state index is 0.353. The Labute approximate surface area is 130 Å². The molecule has 2 aromatic rings. The number of nitrogens with zero attached hydrogens (tertiary/aromatic N) is 1. The van der Waals surface area contributed by atoms with Gasteiger partial charge in [0.05, 0.1) is 5.03 Å². The molecule has 0 unspecified atom stereocenters. The molecule has 0 atom stereocenters. The second-order valence-electron chi connectivity index (χ2n) is 5.68. The van der Waals surface area contributed by atoms with Crippen molar-refractivity contribution in [1.82, 2.24) is 4.57 Å². The van der Waals surface area contributed by atoms with Crippen molar-refractivity contribution in [2.24, 2.45) is 0 Å². The van der Waals surface area contributed by atoms with E-state index < -0.39 is 0 Å². The van der Waals surface area contributed by atoms with Gasteiger partial charge in [-0.1, -0.05) is 41.9 Å². The minimum absolute atomic E-state index is 0.353. The van der Waals surface area contributed by atoms with Crippen LogP contribution in [-0.2, 0) is 11.2 Å². The second kappa shape index (κ2) is 5.53. The number of allylic oxidation sites excluding steroid dienone is 1. The van der Waals surface area contributed by atoms with Crippen LogP contribution in [0, 0.1) is 0 Å². The summed E-state index contributed by atoms with van der Waals surface area (Å²) < 4.78 is 2.34. The molecular formula is C18H18ClNO. The van der Waals surface area contributed by atoms with Crippen molar-refractivity contribution in [2.45, 2.75) is 32.7 Å². The highest BCUT2D eigenvalue weighted by atomic mass is 35.5. The summed E-state index contributed by atoms with van der Waals surface area (Å²) in [6.45, 7) is 4.36. The average Bonchev–Trinajstić information content (AvgIpc) is 2.89. The molecule has 3 rings (SSSR count). The summed E-state index contributed by atoms with van der Waals surface area (Å²) >= 11 is 6.43. The maximum Gasteiger partial charge on any atom is 0.147 e. The van der Waals surface area contributed by atoms with Gasteiger partial charge < -0.3 is 4.57 Å². The quantitative estimate of drug-likeness (QED) is 0.744. The molecule has 0 amide bonds. The standard InChI is InChI=1S/C18H18ClNO/c1-12(2)20-16-9-8-14(11-21)18(19)15(16)10-17(20)13-6-4-3-5-7-13/h3-7,10-12H,8-9H2,1-2H3. The van der Waals surface area contributed by atoms with Crippen molar-refractivity contribution >= 4 is 22.9 Å². The van der Waals surface area contributed by atoms with Gasteiger partial charge in [-0.15, -0.1) is 0 Å². The Hall–Kier alpha value is -1.80. The van der Waals surface area contributed by atoms with Gasteiger partial charge in [0.2, 0.25) is 0 Å². The Bertz CT molecular complexity index is 710. The van der Waals surface area contributed by atoms with Crippen molar-refractivity contribution in [3.63, 3.8) is 0 Å². The van der Waals surface area contributed by atoms with Gasteiger partial charge in [0.15, 0.2) is 0 Å². The molecule has 0 N–H and O–H groups in total. The van der Waals surface area contributed by atoms with Crippen molar-refractivity contribution in [3.05, 3.63) is 53.2 Å². The maximum atomic E-state index is 11.1. The van der Waals surface area contributed by atoms with Crippen LogP contribution in [0.25, 0.3) is 16.3 Å². The number of benzene rings is 1. The van der Waals surface area contributed by atoms with E-state index in [4.69, 9.17) is 11.6 Å². The molecule has 1 aromatic carbocycles. The Morgan fingerprint density at radius 3 is 2.52 bits per heavy atom. The molecule has 21 heavy (non-hydrogen) atoms. The van der Waals surface area contributed by atoms with Crippen LogP contribution in [0.5, 0.6) is 0 Å². The van der Waals surface area contributed by atoms with Crippen LogP contribution in [0.3, 0.4) is 0 Å². The van der Waals surface area contributed by atoms with Crippen LogP contribution < -0.4 is 0 Å². The molecule has 1 heterocycles. The van der Waals surface area contributed by atoms with E-state index in [1.165, 1.54) is 17.0 Å². The number of hydrogen-bond donors (Lipinski definition) is 0. The van der Waals surface area contributed by atoms with E-state index in [9.17, 15) is 4.79 Å². The fraction of sp³-hybridized carbons (Fsp3) is 0.278. The fourth-order valence-electron chi connectivity index (χ4n) is 3.08. The lowest BCUT2D eigenvalue weighted by Crippen LogP contribution is -2.11. The molecule has 0 saturated heterocycles. The highest BCUT2D eigenvalue weighted by Crippen LogP contribution is 2.39. The largest absolute Gasteiger partial charge is 0.341 e. The van der Waals surface area contributed by atoms with Crippen molar-refractivity contribution in [3.8, 4) is 11.3 Å². The first-order valence-electron chi connectivity index (χ1n) is 7.27. The minimum Gasteiger partial charge on any atom is -0.341 e. The Morgan fingerprint density at radius 1 is 1.19 bits per heavy atom. The number of carbonyl (C=O) groups excluding carboxylic acids is 1. The third kappa shape index (κ3) is 2.34. The number of halogens is 1. The summed E-state index contributed by atoms with van der Waals surface area (Å²) in [5.41, 5.74) is 5.31. The predicted octanol–water partition coefficient (Wildman–Crippen LogP) is 4.83. The van der Waals surface area contributed by atoms with Crippen molar-refractivity contribution in [1.29, 1.82) is 0 Å². The number of rotatable bonds is 3. The summed E-state index contributed by atoms with van der Waals surface area (Å²) in [4.78, 5) is 11.1. The van der Waals surface area contributed by atoms with Crippen LogP contribution in [-0.4, -0.2) is 10.9 Å². The highest BCUT2D eigenvalue weighted by Gasteiger charge is 2.25. The van der Waals surface area contributed by atoms with Crippen molar-refractivity contribution in [2.75, 3.05) is 0 Å². The Morgan fingerprint density at radius 2 is 1.90 bits per heavy atom. The van der Waals surface area contributed by atoms with Gasteiger partial charge in [-0.2, -0.15) is 0 Å². The molecule has 1 aromatic heterocycles. The van der Waals surface area contributed by atoms with Crippen LogP contribution in [0.2, 0.25) is 0 Å². The molecule has 2 nitrogen and oxygen atoms in total. The predicted molar refractivity (Wildman–Crippen MR) is 87.4 cm³/mol. The zero-order valence-corrected chi connectivity index (χ0v) is 13.0. The van der Waals surface area contributed by atoms with Gasteiger partial charge in [-0.25, -0.2) is 0 Å². The summed E-state index contributed by atoms with van der Waals surface area (Å²) in [6, 6.07) is 12.8. The molecule has 0 aliphatic heterocycles. The monoisotopic (exact) mass is 299 g/mol. The van der Waals surface area contributed by atoms with E-state index in [0.29, 0.717) is 16.6 Å². The molecule has 0 saturated carbocycles. The van der Waals surface area contributed by atoms with Gasteiger partial charge in [0.1, 0.15) is 6.29 Å². The van der Waals surface area contributed by atoms with Gasteiger partial charge in [0.25, 0.3) is 0 Å². The van der Waals surface area contributed by atoms with Crippen LogP contribution in [0.15, 0.2) is 42.0 Å². The zero-order valence-electron chi connectivity index (χ0n) is 12.3. The molecule has 1 aliphatic carbocycles. The van der Waals surface area contributed by atoms with E-state index in [-0.39, 0.29) is 0 Å². The average molecular weight is 300 g/mol. The van der Waals surface area contributed by atoms with Crippen LogP contribution >= 0.6 is 11.6 Å². The first-order chi connectivity index (χ1) is 10.1. The Kier molecular flexibility index (Phi) is 3.73. The van der Waals surface area contributed by atoms with Gasteiger partial charge in [0, 0.05) is 28.6 Å². The Balaban J connectivity index is 2.25. The topological polar surface area (TPSA) is 22.0 Å². The van der Waals surface area contributed by atoms with E-state index >= 15 is 0 Å². The zero-order chi connectivity index (χ0) is 15.0. The number of hydrogen-bond acceptors (Lipinski definition) is 1. The normalized spacial score (nSPS) is 14.5. The summed E-state index contributed by atoms with van der Waals surface area (Å²) in [5.74, 6) is 0. The van der Waals surface area contributed by atoms with E-state index in [1.807, 2.05) is 18.2 Å². The first kappa shape index (κ1) is 14.2. The summed E-state index contributed by atoms with van der Waals surface area (Å²) in [7, 11) is 0. The van der Waals surface area contributed by atoms with E-state index in [2.05, 4.69) is 36.6 Å². The lowest BCUT2D eigenvalue weighted by molar-refractivity contribution is -0.105. The lowest BCUT2D eigenvalue weighted by atomic mass is 9.98. The second-order valence-corrected chi connectivity index (χ2v) is 6.05. The number of aromatic nitrogens is 1. The number of fused-ring (bicyclic) bond motifs is 1. The van der Waals surface area contributed by atoms with Gasteiger partial charge in [-0.3, -0.25) is 4.79 Å². The van der Waals surface area contributed by atoms with Crippen LogP contribution in [0.1, 0.15) is 37.6 Å². The third-order valence-electron chi connectivity index (χ3n) is 4.02. The first-order valence-corrected chi connectivity index (χ1v) is 7.65. The SMILES string of the molecule is CC(C)n1c(-c2ccccc2)cc2c1CCC(C=O)=C2Cl. The highest BCUT2D eigenvalue weighted by molar-refractivity contribution is 6.50. The van der Waals surface area contributed by atoms with E-state index in [0.717, 1.165) is 24.7 Å². The van der Waals surface area contributed by atoms with Crippen LogP contribution in [0.4, 0.5) is 0 Å². The fourth-order valence-corrected chi connectivity index (χ4v) is 3.38. The van der Waals surface area contributed by atoms with Gasteiger partial charge >= 0.3 is 0 Å². The summed E-state index contributed by atoms with van der Waals surface area (Å²) in [5, 5.41) is 0.614. The third-order valence-corrected chi connectivity index (χ3v) is 4.47. The lowest BCUT2D eigenvalue weighted by Gasteiger charge is -2.20. The van der Waals surface area contributed by atoms with Gasteiger partial charge in [-0.05, 0) is 38.3 Å². The molecule has 1 aliphatic rings.